The van der Waals surface area contributed by atoms with Gasteiger partial charge in [0.1, 0.15) is 23.0 Å². The van der Waals surface area contributed by atoms with Gasteiger partial charge in [0.2, 0.25) is 0 Å². The van der Waals surface area contributed by atoms with Crippen molar-refractivity contribution in [2.45, 2.75) is 50.6 Å². The quantitative estimate of drug-likeness (QED) is 0.263. The molecule has 1 saturated carbocycles. The SMILES string of the molecule is C=CC1CCC(c2ccc3c(F)c(CCc4cc(F)c(C(F)(F)F)c(F)c4)ccc3c2)CC1. The van der Waals surface area contributed by atoms with E-state index in [1.54, 1.807) is 12.1 Å². The van der Waals surface area contributed by atoms with Gasteiger partial charge in [0, 0.05) is 5.39 Å². The first-order valence-corrected chi connectivity index (χ1v) is 11.1. The lowest BCUT2D eigenvalue weighted by Gasteiger charge is -2.27. The highest BCUT2D eigenvalue weighted by Crippen LogP contribution is 2.38. The van der Waals surface area contributed by atoms with Gasteiger partial charge in [-0.05, 0) is 84.6 Å². The molecule has 0 spiro atoms. The first kappa shape index (κ1) is 23.4. The second-order valence-electron chi connectivity index (χ2n) is 8.80. The smallest absolute Gasteiger partial charge is 0.206 e. The van der Waals surface area contributed by atoms with Crippen LogP contribution in [0.5, 0.6) is 0 Å². The van der Waals surface area contributed by atoms with Gasteiger partial charge < -0.3 is 0 Å². The van der Waals surface area contributed by atoms with Crippen LogP contribution < -0.4 is 0 Å². The maximum Gasteiger partial charge on any atom is 0.422 e. The number of halogens is 6. The van der Waals surface area contributed by atoms with E-state index in [0.717, 1.165) is 31.1 Å². The Kier molecular flexibility index (Phi) is 6.55. The second-order valence-corrected chi connectivity index (χ2v) is 8.80. The zero-order valence-corrected chi connectivity index (χ0v) is 18.0. The van der Waals surface area contributed by atoms with Crippen LogP contribution in [-0.2, 0) is 19.0 Å². The summed E-state index contributed by atoms with van der Waals surface area (Å²) in [5.74, 6) is -2.73. The van der Waals surface area contributed by atoms with E-state index in [1.165, 1.54) is 5.56 Å². The molecule has 174 valence electrons. The maximum absolute atomic E-state index is 15.1. The molecule has 0 radical (unpaired) electrons. The van der Waals surface area contributed by atoms with Gasteiger partial charge in [0.25, 0.3) is 0 Å². The molecular formula is C27H24F6. The monoisotopic (exact) mass is 462 g/mol. The minimum absolute atomic E-state index is 0.0129. The van der Waals surface area contributed by atoms with Gasteiger partial charge in [0.15, 0.2) is 0 Å². The molecule has 0 saturated heterocycles. The van der Waals surface area contributed by atoms with Gasteiger partial charge in [-0.25, -0.2) is 13.2 Å². The van der Waals surface area contributed by atoms with Gasteiger partial charge in [0.05, 0.1) is 0 Å². The third-order valence-electron chi connectivity index (χ3n) is 6.70. The number of aryl methyl sites for hydroxylation is 2. The largest absolute Gasteiger partial charge is 0.422 e. The summed E-state index contributed by atoms with van der Waals surface area (Å²) >= 11 is 0. The van der Waals surface area contributed by atoms with E-state index >= 15 is 4.39 Å². The second kappa shape index (κ2) is 9.24. The van der Waals surface area contributed by atoms with Crippen LogP contribution in [0, 0.1) is 23.4 Å². The van der Waals surface area contributed by atoms with Crippen LogP contribution in [0.15, 0.2) is 55.1 Å². The van der Waals surface area contributed by atoms with Gasteiger partial charge in [-0.1, -0.05) is 36.4 Å². The molecule has 3 aromatic carbocycles. The van der Waals surface area contributed by atoms with Gasteiger partial charge in [-0.2, -0.15) is 13.2 Å². The van der Waals surface area contributed by atoms with Crippen LogP contribution in [-0.4, -0.2) is 0 Å². The molecule has 1 aliphatic rings. The molecule has 0 heterocycles. The molecule has 0 aromatic heterocycles. The van der Waals surface area contributed by atoms with Crippen molar-refractivity contribution >= 4 is 10.8 Å². The van der Waals surface area contributed by atoms with Crippen molar-refractivity contribution in [2.75, 3.05) is 0 Å². The molecule has 33 heavy (non-hydrogen) atoms. The summed E-state index contributed by atoms with van der Waals surface area (Å²) in [6.45, 7) is 3.87. The Bertz CT molecular complexity index is 1150. The summed E-state index contributed by atoms with van der Waals surface area (Å²) < 4.78 is 81.0. The van der Waals surface area contributed by atoms with Crippen molar-refractivity contribution in [3.05, 3.63) is 94.8 Å². The number of hydrogen-bond donors (Lipinski definition) is 0. The molecule has 0 aliphatic heterocycles. The van der Waals surface area contributed by atoms with Crippen molar-refractivity contribution in [1.29, 1.82) is 0 Å². The van der Waals surface area contributed by atoms with Crippen LogP contribution in [0.25, 0.3) is 10.8 Å². The third kappa shape index (κ3) is 4.94. The lowest BCUT2D eigenvalue weighted by Crippen LogP contribution is -2.12. The lowest BCUT2D eigenvalue weighted by atomic mass is 9.78. The molecule has 3 aromatic rings. The average molecular weight is 462 g/mol. The van der Waals surface area contributed by atoms with Gasteiger partial charge in [-0.15, -0.1) is 6.58 Å². The third-order valence-corrected chi connectivity index (χ3v) is 6.70. The predicted octanol–water partition coefficient (Wildman–Crippen LogP) is 8.52. The van der Waals surface area contributed by atoms with E-state index in [1.807, 2.05) is 24.3 Å². The standard InChI is InChI=1S/C27H24F6/c1-2-16-3-6-18(7-4-16)20-11-12-22-21(15-20)10-9-19(26(22)30)8-5-17-13-23(28)25(24(29)14-17)27(31,32)33/h2,9-16,18H,1,3-8H2. The Hall–Kier alpha value is -2.76. The fraction of sp³-hybridized carbons (Fsp3) is 0.333. The highest BCUT2D eigenvalue weighted by Gasteiger charge is 2.37. The van der Waals surface area contributed by atoms with E-state index < -0.39 is 29.2 Å². The van der Waals surface area contributed by atoms with Crippen LogP contribution in [0.4, 0.5) is 26.3 Å². The molecule has 0 unspecified atom stereocenters. The summed E-state index contributed by atoms with van der Waals surface area (Å²) in [5, 5.41) is 1.24. The Morgan fingerprint density at radius 1 is 0.848 bits per heavy atom. The average Bonchev–Trinajstić information content (AvgIpc) is 2.77. The minimum Gasteiger partial charge on any atom is -0.206 e. The summed E-state index contributed by atoms with van der Waals surface area (Å²) in [5.41, 5.74) is -0.324. The summed E-state index contributed by atoms with van der Waals surface area (Å²) in [7, 11) is 0. The number of fused-ring (bicyclic) bond motifs is 1. The molecule has 0 amide bonds. The molecule has 0 N–H and O–H groups in total. The molecular weight excluding hydrogens is 438 g/mol. The zero-order valence-electron chi connectivity index (χ0n) is 18.0. The maximum atomic E-state index is 15.1. The lowest BCUT2D eigenvalue weighted by molar-refractivity contribution is -0.142. The highest BCUT2D eigenvalue weighted by molar-refractivity contribution is 5.84. The topological polar surface area (TPSA) is 0 Å². The predicted molar refractivity (Wildman–Crippen MR) is 118 cm³/mol. The summed E-state index contributed by atoms with van der Waals surface area (Å²) in [6, 6.07) is 10.5. The van der Waals surface area contributed by atoms with Crippen molar-refractivity contribution in [1.82, 2.24) is 0 Å². The number of alkyl halides is 3. The zero-order chi connectivity index (χ0) is 23.8. The van der Waals surface area contributed by atoms with Crippen molar-refractivity contribution < 1.29 is 26.3 Å². The van der Waals surface area contributed by atoms with E-state index in [9.17, 15) is 22.0 Å². The number of hydrogen-bond acceptors (Lipinski definition) is 0. The molecule has 0 atom stereocenters. The fourth-order valence-corrected chi connectivity index (χ4v) is 4.81. The van der Waals surface area contributed by atoms with Crippen LogP contribution in [0.1, 0.15) is 53.9 Å². The molecule has 6 heteroatoms. The van der Waals surface area contributed by atoms with Gasteiger partial charge >= 0.3 is 6.18 Å². The number of allylic oxidation sites excluding steroid dienone is 1. The summed E-state index contributed by atoms with van der Waals surface area (Å²) in [4.78, 5) is 0. The molecule has 1 aliphatic carbocycles. The minimum atomic E-state index is -5.11. The fourth-order valence-electron chi connectivity index (χ4n) is 4.81. The Morgan fingerprint density at radius 2 is 1.52 bits per heavy atom. The Balaban J connectivity index is 1.51. The molecule has 4 rings (SSSR count). The van der Waals surface area contributed by atoms with E-state index in [-0.39, 0.29) is 18.4 Å². The van der Waals surface area contributed by atoms with Crippen LogP contribution in [0.3, 0.4) is 0 Å². The molecule has 0 bridgehead atoms. The van der Waals surface area contributed by atoms with Crippen molar-refractivity contribution in [3.63, 3.8) is 0 Å². The van der Waals surface area contributed by atoms with Crippen molar-refractivity contribution in [3.8, 4) is 0 Å². The molecule has 1 fully saturated rings. The normalized spacial score (nSPS) is 19.1. The number of rotatable bonds is 5. The van der Waals surface area contributed by atoms with Crippen LogP contribution >= 0.6 is 0 Å². The highest BCUT2D eigenvalue weighted by atomic mass is 19.4. The summed E-state index contributed by atoms with van der Waals surface area (Å²) in [6.07, 6.45) is 1.38. The number of benzene rings is 3. The Labute approximate surface area is 188 Å². The van der Waals surface area contributed by atoms with Crippen LogP contribution in [0.2, 0.25) is 0 Å². The van der Waals surface area contributed by atoms with Gasteiger partial charge in [-0.3, -0.25) is 0 Å². The first-order chi connectivity index (χ1) is 15.7. The van der Waals surface area contributed by atoms with E-state index in [0.29, 0.717) is 34.9 Å². The molecule has 0 nitrogen and oxygen atoms in total. The Morgan fingerprint density at radius 3 is 2.12 bits per heavy atom. The van der Waals surface area contributed by atoms with E-state index in [4.69, 9.17) is 0 Å². The first-order valence-electron chi connectivity index (χ1n) is 11.1. The van der Waals surface area contributed by atoms with E-state index in [2.05, 4.69) is 6.58 Å². The van der Waals surface area contributed by atoms with Crippen molar-refractivity contribution in [2.24, 2.45) is 5.92 Å².